The molecule has 0 bridgehead atoms. The Labute approximate surface area is 99.2 Å². The van der Waals surface area contributed by atoms with Crippen molar-refractivity contribution in [1.29, 1.82) is 0 Å². The van der Waals surface area contributed by atoms with Crippen molar-refractivity contribution in [3.05, 3.63) is 34.3 Å². The van der Waals surface area contributed by atoms with Crippen LogP contribution in [0.1, 0.15) is 35.9 Å². The molecule has 0 saturated heterocycles. The molecule has 0 saturated carbocycles. The summed E-state index contributed by atoms with van der Waals surface area (Å²) in [6.07, 6.45) is 4.64. The molecule has 0 aliphatic carbocycles. The number of aromatic amines is 1. The van der Waals surface area contributed by atoms with Gasteiger partial charge in [0.1, 0.15) is 10.8 Å². The molecule has 0 aliphatic rings. The van der Waals surface area contributed by atoms with Crippen LogP contribution in [0.15, 0.2) is 17.8 Å². The largest absolute Gasteiger partial charge is 0.348 e. The zero-order valence-corrected chi connectivity index (χ0v) is 10.3. The van der Waals surface area contributed by atoms with E-state index < -0.39 is 0 Å². The fourth-order valence-corrected chi connectivity index (χ4v) is 2.51. The monoisotopic (exact) mass is 236 g/mol. The Balaban J connectivity index is 1.96. The summed E-state index contributed by atoms with van der Waals surface area (Å²) in [7, 11) is 0. The van der Waals surface area contributed by atoms with Gasteiger partial charge < -0.3 is 10.3 Å². The van der Waals surface area contributed by atoms with Crippen LogP contribution in [-0.4, -0.2) is 15.0 Å². The summed E-state index contributed by atoms with van der Waals surface area (Å²) in [6.45, 7) is 4.94. The molecule has 0 amide bonds. The molecule has 1 unspecified atom stereocenters. The summed E-state index contributed by atoms with van der Waals surface area (Å²) in [5.41, 5.74) is 1.10. The molecular weight excluding hydrogens is 220 g/mol. The normalized spacial score (nSPS) is 12.9. The first-order valence-electron chi connectivity index (χ1n) is 5.43. The lowest BCUT2D eigenvalue weighted by Crippen LogP contribution is -2.20. The number of thiazole rings is 1. The van der Waals surface area contributed by atoms with Crippen LogP contribution in [0.25, 0.3) is 0 Å². The van der Waals surface area contributed by atoms with E-state index in [1.54, 1.807) is 17.5 Å². The van der Waals surface area contributed by atoms with E-state index in [-0.39, 0.29) is 0 Å². The van der Waals surface area contributed by atoms with E-state index in [4.69, 9.17) is 0 Å². The smallest absolute Gasteiger partial charge is 0.120 e. The van der Waals surface area contributed by atoms with E-state index in [1.165, 1.54) is 0 Å². The summed E-state index contributed by atoms with van der Waals surface area (Å²) in [5.74, 6) is 0.965. The number of aromatic nitrogens is 3. The second kappa shape index (κ2) is 5.23. The predicted octanol–water partition coefficient (Wildman–Crippen LogP) is 2.42. The number of nitrogens with one attached hydrogen (secondary N) is 2. The van der Waals surface area contributed by atoms with Gasteiger partial charge in [0.2, 0.25) is 0 Å². The fourth-order valence-electron chi connectivity index (χ4n) is 1.55. The molecule has 86 valence electrons. The van der Waals surface area contributed by atoms with Gasteiger partial charge in [0.15, 0.2) is 0 Å². The lowest BCUT2D eigenvalue weighted by molar-refractivity contribution is 0.507. The molecule has 16 heavy (non-hydrogen) atoms. The van der Waals surface area contributed by atoms with Crippen LogP contribution in [0, 0.1) is 6.92 Å². The summed E-state index contributed by atoms with van der Waals surface area (Å²) >= 11 is 1.72. The number of rotatable bonds is 5. The highest BCUT2D eigenvalue weighted by atomic mass is 32.1. The number of aryl methyl sites for hydroxylation is 1. The molecule has 2 aromatic rings. The van der Waals surface area contributed by atoms with Crippen LogP contribution in [0.2, 0.25) is 0 Å². The lowest BCUT2D eigenvalue weighted by Gasteiger charge is -2.13. The van der Waals surface area contributed by atoms with Gasteiger partial charge in [-0.15, -0.1) is 11.3 Å². The van der Waals surface area contributed by atoms with Crippen LogP contribution in [0.4, 0.5) is 0 Å². The second-order valence-electron chi connectivity index (χ2n) is 3.70. The van der Waals surface area contributed by atoms with Crippen molar-refractivity contribution in [2.75, 3.05) is 0 Å². The molecule has 4 nitrogen and oxygen atoms in total. The highest BCUT2D eigenvalue weighted by Crippen LogP contribution is 2.20. The Morgan fingerprint density at radius 1 is 1.56 bits per heavy atom. The Bertz CT molecular complexity index is 421. The minimum Gasteiger partial charge on any atom is -0.348 e. The maximum atomic E-state index is 4.51. The van der Waals surface area contributed by atoms with Crippen LogP contribution < -0.4 is 5.32 Å². The molecule has 1 atom stereocenters. The molecule has 0 aliphatic heterocycles. The third-order valence-corrected chi connectivity index (χ3v) is 3.49. The Morgan fingerprint density at radius 3 is 3.00 bits per heavy atom. The molecule has 2 aromatic heterocycles. The molecule has 2 heterocycles. The lowest BCUT2D eigenvalue weighted by atomic mass is 10.2. The molecular formula is C11H16N4S. The van der Waals surface area contributed by atoms with E-state index in [2.05, 4.69) is 32.6 Å². The average Bonchev–Trinajstić information content (AvgIpc) is 2.91. The van der Waals surface area contributed by atoms with Crippen LogP contribution in [-0.2, 0) is 6.54 Å². The van der Waals surface area contributed by atoms with Crippen molar-refractivity contribution < 1.29 is 0 Å². The Morgan fingerprint density at radius 2 is 2.44 bits per heavy atom. The Hall–Kier alpha value is -1.20. The third kappa shape index (κ3) is 2.68. The maximum absolute atomic E-state index is 4.51. The third-order valence-electron chi connectivity index (χ3n) is 2.41. The van der Waals surface area contributed by atoms with E-state index in [0.717, 1.165) is 29.5 Å². The minimum atomic E-state index is 0.323. The van der Waals surface area contributed by atoms with Gasteiger partial charge in [0, 0.05) is 23.5 Å². The van der Waals surface area contributed by atoms with Gasteiger partial charge >= 0.3 is 0 Å². The van der Waals surface area contributed by atoms with Crippen LogP contribution >= 0.6 is 11.3 Å². The Kier molecular flexibility index (Phi) is 3.69. The van der Waals surface area contributed by atoms with Crippen molar-refractivity contribution in [3.63, 3.8) is 0 Å². The van der Waals surface area contributed by atoms with Gasteiger partial charge in [-0.2, -0.15) is 0 Å². The van der Waals surface area contributed by atoms with Crippen molar-refractivity contribution in [1.82, 2.24) is 20.3 Å². The quantitative estimate of drug-likeness (QED) is 0.838. The van der Waals surface area contributed by atoms with E-state index in [1.807, 2.05) is 13.1 Å². The van der Waals surface area contributed by atoms with Crippen molar-refractivity contribution in [2.24, 2.45) is 0 Å². The predicted molar refractivity (Wildman–Crippen MR) is 65.3 cm³/mol. The first-order valence-corrected chi connectivity index (χ1v) is 6.31. The number of nitrogens with zero attached hydrogens (tertiary/aromatic N) is 2. The van der Waals surface area contributed by atoms with Crippen LogP contribution in [0.5, 0.6) is 0 Å². The molecule has 2 rings (SSSR count). The van der Waals surface area contributed by atoms with Gasteiger partial charge in [-0.3, -0.25) is 0 Å². The summed E-state index contributed by atoms with van der Waals surface area (Å²) in [4.78, 5) is 11.8. The summed E-state index contributed by atoms with van der Waals surface area (Å²) in [5, 5.41) is 6.70. The van der Waals surface area contributed by atoms with Crippen molar-refractivity contribution in [3.8, 4) is 0 Å². The molecule has 2 N–H and O–H groups in total. The highest BCUT2D eigenvalue weighted by molar-refractivity contribution is 7.09. The minimum absolute atomic E-state index is 0.323. The zero-order chi connectivity index (χ0) is 11.4. The number of imidazole rings is 1. The molecule has 0 fully saturated rings. The molecule has 5 heteroatoms. The fraction of sp³-hybridized carbons (Fsp3) is 0.455. The second-order valence-corrected chi connectivity index (χ2v) is 4.59. The van der Waals surface area contributed by atoms with Gasteiger partial charge in [-0.05, 0) is 13.3 Å². The molecule has 0 spiro atoms. The average molecular weight is 236 g/mol. The van der Waals surface area contributed by atoms with Gasteiger partial charge in [-0.1, -0.05) is 6.92 Å². The first kappa shape index (κ1) is 11.3. The van der Waals surface area contributed by atoms with Gasteiger partial charge in [0.05, 0.1) is 12.6 Å². The highest BCUT2D eigenvalue weighted by Gasteiger charge is 2.12. The molecule has 0 radical (unpaired) electrons. The topological polar surface area (TPSA) is 53.6 Å². The van der Waals surface area contributed by atoms with Crippen molar-refractivity contribution in [2.45, 2.75) is 32.9 Å². The number of hydrogen-bond acceptors (Lipinski definition) is 4. The zero-order valence-electron chi connectivity index (χ0n) is 9.53. The SMILES string of the molecule is CCC(NCc1ncc[nH]1)c1nc(C)cs1. The summed E-state index contributed by atoms with van der Waals surface area (Å²) < 4.78 is 0. The standard InChI is InChI=1S/C11H16N4S/c1-3-9(11-15-8(2)7-16-11)14-6-10-12-4-5-13-10/h4-5,7,9,14H,3,6H2,1-2H3,(H,12,13). The van der Waals surface area contributed by atoms with Crippen LogP contribution in [0.3, 0.4) is 0 Å². The van der Waals surface area contributed by atoms with E-state index >= 15 is 0 Å². The maximum Gasteiger partial charge on any atom is 0.120 e. The van der Waals surface area contributed by atoms with E-state index in [9.17, 15) is 0 Å². The van der Waals surface area contributed by atoms with Gasteiger partial charge in [-0.25, -0.2) is 9.97 Å². The van der Waals surface area contributed by atoms with Gasteiger partial charge in [0.25, 0.3) is 0 Å². The number of hydrogen-bond donors (Lipinski definition) is 2. The first-order chi connectivity index (χ1) is 7.79. The number of H-pyrrole nitrogens is 1. The van der Waals surface area contributed by atoms with E-state index in [0.29, 0.717) is 6.04 Å². The molecule has 0 aromatic carbocycles. The summed E-state index contributed by atoms with van der Waals surface area (Å²) in [6, 6.07) is 0.323. The van der Waals surface area contributed by atoms with Crippen molar-refractivity contribution >= 4 is 11.3 Å².